The molecule has 0 fully saturated rings. The lowest BCUT2D eigenvalue weighted by molar-refractivity contribution is -0.114. The SMILES string of the molecule is CCOC(=O)c1sc2c(F)ccc(Cl)c2c1-c1nc2c([nH]1)CCC(C(N)=O)=C2OC. The summed E-state index contributed by atoms with van der Waals surface area (Å²) in [5.74, 6) is -1.09. The minimum absolute atomic E-state index is 0.163. The number of ether oxygens (including phenoxy) is 2. The van der Waals surface area contributed by atoms with E-state index in [4.69, 9.17) is 26.8 Å². The number of nitrogens with two attached hydrogens (primary N) is 1. The Labute approximate surface area is 179 Å². The lowest BCUT2D eigenvalue weighted by atomic mass is 9.98. The summed E-state index contributed by atoms with van der Waals surface area (Å²) in [4.78, 5) is 32.3. The number of amides is 1. The predicted octanol–water partition coefficient (Wildman–Crippen LogP) is 4.05. The quantitative estimate of drug-likeness (QED) is 0.571. The van der Waals surface area contributed by atoms with Crippen LogP contribution < -0.4 is 5.73 Å². The number of imidazole rings is 1. The summed E-state index contributed by atoms with van der Waals surface area (Å²) in [5, 5.41) is 0.650. The number of halogens is 2. The molecule has 30 heavy (non-hydrogen) atoms. The van der Waals surface area contributed by atoms with Crippen molar-refractivity contribution in [1.29, 1.82) is 0 Å². The van der Waals surface area contributed by atoms with Crippen LogP contribution >= 0.6 is 22.9 Å². The molecule has 1 aliphatic carbocycles. The Morgan fingerprint density at radius 3 is 2.80 bits per heavy atom. The average molecular weight is 450 g/mol. The zero-order valence-corrected chi connectivity index (χ0v) is 17.7. The Balaban J connectivity index is 1.99. The molecule has 0 saturated carbocycles. The van der Waals surface area contributed by atoms with E-state index in [0.717, 1.165) is 11.3 Å². The maximum absolute atomic E-state index is 14.5. The van der Waals surface area contributed by atoms with Crippen molar-refractivity contribution in [3.63, 3.8) is 0 Å². The first-order chi connectivity index (χ1) is 14.4. The molecular weight excluding hydrogens is 433 g/mol. The summed E-state index contributed by atoms with van der Waals surface area (Å²) in [6.07, 6.45) is 0.865. The number of benzene rings is 1. The van der Waals surface area contributed by atoms with Crippen LogP contribution in [0.15, 0.2) is 17.7 Å². The number of nitrogens with zero attached hydrogens (tertiary/aromatic N) is 1. The van der Waals surface area contributed by atoms with Crippen molar-refractivity contribution in [2.24, 2.45) is 5.73 Å². The zero-order valence-electron chi connectivity index (χ0n) is 16.1. The van der Waals surface area contributed by atoms with Crippen molar-refractivity contribution < 1.29 is 23.5 Å². The molecule has 0 aliphatic heterocycles. The van der Waals surface area contributed by atoms with Gasteiger partial charge in [0.25, 0.3) is 0 Å². The second kappa shape index (κ2) is 7.73. The monoisotopic (exact) mass is 449 g/mol. The van der Waals surface area contributed by atoms with Gasteiger partial charge in [-0.15, -0.1) is 11.3 Å². The van der Waals surface area contributed by atoms with Gasteiger partial charge in [0.2, 0.25) is 5.91 Å². The number of hydrogen-bond acceptors (Lipinski definition) is 6. The average Bonchev–Trinajstić information content (AvgIpc) is 3.32. The number of carbonyl (C=O) groups excluding carboxylic acids is 2. The molecule has 7 nitrogen and oxygen atoms in total. The largest absolute Gasteiger partial charge is 0.494 e. The topological polar surface area (TPSA) is 107 Å². The molecule has 3 N–H and O–H groups in total. The van der Waals surface area contributed by atoms with Crippen LogP contribution in [0.3, 0.4) is 0 Å². The molecule has 4 rings (SSSR count). The Kier molecular flexibility index (Phi) is 5.25. The van der Waals surface area contributed by atoms with E-state index in [-0.39, 0.29) is 27.0 Å². The Bertz CT molecular complexity index is 1230. The molecule has 0 saturated heterocycles. The summed E-state index contributed by atoms with van der Waals surface area (Å²) in [5.41, 5.74) is 7.30. The van der Waals surface area contributed by atoms with Gasteiger partial charge in [-0.3, -0.25) is 4.79 Å². The third kappa shape index (κ3) is 3.14. The normalized spacial score (nSPS) is 13.5. The molecule has 156 valence electrons. The minimum atomic E-state index is -0.598. The lowest BCUT2D eigenvalue weighted by Crippen LogP contribution is -2.20. The first kappa shape index (κ1) is 20.4. The third-order valence-corrected chi connectivity index (χ3v) is 6.33. The van der Waals surface area contributed by atoms with Gasteiger partial charge in [-0.05, 0) is 31.9 Å². The maximum Gasteiger partial charge on any atom is 0.349 e. The van der Waals surface area contributed by atoms with E-state index < -0.39 is 17.7 Å². The number of H-pyrrole nitrogens is 1. The van der Waals surface area contributed by atoms with Crippen molar-refractivity contribution >= 4 is 50.7 Å². The number of nitrogens with one attached hydrogen (secondary N) is 1. The van der Waals surface area contributed by atoms with Crippen molar-refractivity contribution in [1.82, 2.24) is 9.97 Å². The van der Waals surface area contributed by atoms with Gasteiger partial charge in [0.1, 0.15) is 22.2 Å². The molecule has 0 spiro atoms. The van der Waals surface area contributed by atoms with E-state index in [2.05, 4.69) is 9.97 Å². The molecule has 1 aromatic carbocycles. The molecule has 2 heterocycles. The molecule has 0 atom stereocenters. The lowest BCUT2D eigenvalue weighted by Gasteiger charge is -2.16. The summed E-state index contributed by atoms with van der Waals surface area (Å²) in [6, 6.07) is 2.68. The minimum Gasteiger partial charge on any atom is -0.494 e. The van der Waals surface area contributed by atoms with E-state index in [1.54, 1.807) is 6.92 Å². The third-order valence-electron chi connectivity index (χ3n) is 4.83. The van der Waals surface area contributed by atoms with E-state index >= 15 is 0 Å². The van der Waals surface area contributed by atoms with E-state index in [9.17, 15) is 14.0 Å². The highest BCUT2D eigenvalue weighted by Crippen LogP contribution is 2.44. The van der Waals surface area contributed by atoms with E-state index in [0.29, 0.717) is 46.6 Å². The van der Waals surface area contributed by atoms with Gasteiger partial charge in [0.05, 0.1) is 34.6 Å². The van der Waals surface area contributed by atoms with Crippen molar-refractivity contribution in [3.05, 3.63) is 44.8 Å². The highest BCUT2D eigenvalue weighted by molar-refractivity contribution is 7.21. The predicted molar refractivity (Wildman–Crippen MR) is 112 cm³/mol. The number of methoxy groups -OCH3 is 1. The Hall–Kier alpha value is -2.91. The first-order valence-electron chi connectivity index (χ1n) is 9.11. The number of thiophene rings is 1. The van der Waals surface area contributed by atoms with Gasteiger partial charge >= 0.3 is 5.97 Å². The number of aryl methyl sites for hydroxylation is 1. The number of primary amides is 1. The van der Waals surface area contributed by atoms with Gasteiger partial charge in [0.15, 0.2) is 5.76 Å². The fourth-order valence-electron chi connectivity index (χ4n) is 3.56. The van der Waals surface area contributed by atoms with Gasteiger partial charge in [-0.2, -0.15) is 0 Å². The molecule has 1 aliphatic rings. The molecule has 0 radical (unpaired) electrons. The van der Waals surface area contributed by atoms with Crippen LogP contribution in [-0.4, -0.2) is 35.6 Å². The van der Waals surface area contributed by atoms with Gasteiger partial charge < -0.3 is 20.2 Å². The number of rotatable bonds is 5. The van der Waals surface area contributed by atoms with Crippen LogP contribution in [0.1, 0.15) is 34.4 Å². The maximum atomic E-state index is 14.5. The fraction of sp³-hybridized carbons (Fsp3) is 0.250. The second-order valence-electron chi connectivity index (χ2n) is 6.55. The molecule has 10 heteroatoms. The van der Waals surface area contributed by atoms with Crippen molar-refractivity contribution in [2.75, 3.05) is 13.7 Å². The Morgan fingerprint density at radius 1 is 1.37 bits per heavy atom. The molecule has 1 amide bonds. The van der Waals surface area contributed by atoms with Crippen LogP contribution in [0.25, 0.3) is 27.2 Å². The smallest absolute Gasteiger partial charge is 0.349 e. The van der Waals surface area contributed by atoms with Gasteiger partial charge in [-0.25, -0.2) is 14.2 Å². The molecule has 2 aromatic heterocycles. The highest BCUT2D eigenvalue weighted by Gasteiger charge is 2.31. The van der Waals surface area contributed by atoms with Gasteiger partial charge in [-0.1, -0.05) is 11.6 Å². The van der Waals surface area contributed by atoms with E-state index in [1.165, 1.54) is 19.2 Å². The zero-order chi connectivity index (χ0) is 21.6. The second-order valence-corrected chi connectivity index (χ2v) is 7.98. The molecule has 0 unspecified atom stereocenters. The molecular formula is C20H17ClFN3O4S. The number of hydrogen-bond donors (Lipinski definition) is 2. The van der Waals surface area contributed by atoms with Crippen LogP contribution in [0, 0.1) is 5.82 Å². The van der Waals surface area contributed by atoms with Crippen molar-refractivity contribution in [2.45, 2.75) is 19.8 Å². The highest BCUT2D eigenvalue weighted by atomic mass is 35.5. The number of esters is 1. The summed E-state index contributed by atoms with van der Waals surface area (Å²) >= 11 is 7.33. The number of carbonyl (C=O) groups is 2. The summed E-state index contributed by atoms with van der Waals surface area (Å²) in [7, 11) is 1.43. The number of fused-ring (bicyclic) bond motifs is 2. The van der Waals surface area contributed by atoms with Crippen LogP contribution in [-0.2, 0) is 20.7 Å². The van der Waals surface area contributed by atoms with E-state index in [1.807, 2.05) is 0 Å². The fourth-order valence-corrected chi connectivity index (χ4v) is 4.99. The van der Waals surface area contributed by atoms with Crippen LogP contribution in [0.2, 0.25) is 5.02 Å². The summed E-state index contributed by atoms with van der Waals surface area (Å²) in [6.45, 7) is 1.85. The van der Waals surface area contributed by atoms with Crippen LogP contribution in [0.4, 0.5) is 4.39 Å². The standard InChI is InChI=1S/C20H17ClFN3O4S/c1-3-29-20(27)17-13(12-9(21)5-6-10(22)16(12)30-17)19-24-11-7-4-8(18(23)26)15(28-2)14(11)25-19/h5-6H,3-4,7H2,1-2H3,(H2,23,26)(H,24,25). The Morgan fingerprint density at radius 2 is 2.13 bits per heavy atom. The number of aromatic nitrogens is 2. The summed E-state index contributed by atoms with van der Waals surface area (Å²) < 4.78 is 25.3. The van der Waals surface area contributed by atoms with Crippen molar-refractivity contribution in [3.8, 4) is 11.4 Å². The van der Waals surface area contributed by atoms with Gasteiger partial charge in [0, 0.05) is 11.1 Å². The molecule has 3 aromatic rings. The number of aromatic amines is 1. The van der Waals surface area contributed by atoms with Crippen LogP contribution in [0.5, 0.6) is 0 Å². The first-order valence-corrected chi connectivity index (χ1v) is 10.3. The molecule has 0 bridgehead atoms.